The molecule has 37 heavy (non-hydrogen) atoms. The minimum Gasteiger partial charge on any atom is -1.00 e. The minimum atomic E-state index is -1.42. The maximum atomic E-state index is 5.82. The molecule has 0 fully saturated rings. The quantitative estimate of drug-likeness (QED) is 0.0348. The van der Waals surface area contributed by atoms with Gasteiger partial charge in [0.15, 0.2) is 8.32 Å². The van der Waals surface area contributed by atoms with Crippen LogP contribution in [0.4, 0.5) is 0 Å². The third-order valence-corrected chi connectivity index (χ3v) is 10.8. The van der Waals surface area contributed by atoms with Crippen molar-refractivity contribution in [1.82, 2.24) is 0 Å². The van der Waals surface area contributed by atoms with Crippen LogP contribution in [0.5, 0.6) is 0 Å². The van der Waals surface area contributed by atoms with Crippen LogP contribution in [0.2, 0.25) is 19.1 Å². The van der Waals surface area contributed by atoms with Gasteiger partial charge < -0.3 is 32.9 Å². The molecule has 0 radical (unpaired) electrons. The van der Waals surface area contributed by atoms with E-state index in [0.29, 0.717) is 0 Å². The van der Waals surface area contributed by atoms with Gasteiger partial charge in [0, 0.05) is 7.11 Å². The molecule has 0 saturated carbocycles. The van der Waals surface area contributed by atoms with E-state index >= 15 is 0 Å². The van der Waals surface area contributed by atoms with E-state index in [4.69, 9.17) is 4.43 Å². The number of hydrogen-bond donors (Lipinski definition) is 0. The molecule has 0 aromatic carbocycles. The van der Waals surface area contributed by atoms with Crippen molar-refractivity contribution in [3.05, 3.63) is 0 Å². The summed E-state index contributed by atoms with van der Waals surface area (Å²) in [7, 11) is 3.06. The molecule has 0 heterocycles. The number of rotatable bonds is 27. The Morgan fingerprint density at radius 1 is 0.486 bits per heavy atom. The van der Waals surface area contributed by atoms with Crippen molar-refractivity contribution in [1.29, 1.82) is 0 Å². The van der Waals surface area contributed by atoms with Gasteiger partial charge in [0.05, 0.1) is 26.7 Å². The Bertz CT molecular complexity index is 403. The summed E-state index contributed by atoms with van der Waals surface area (Å²) in [5.74, 6) is 0. The monoisotopic (exact) mass is 881 g/mol. The number of halogens is 3. The highest BCUT2D eigenvalue weighted by Crippen LogP contribution is 2.19. The van der Waals surface area contributed by atoms with Crippen molar-refractivity contribution in [2.24, 2.45) is 0 Å². The van der Waals surface area contributed by atoms with Crippen LogP contribution in [-0.4, -0.2) is 46.6 Å². The molecular weight excluding hydrogens is 811 g/mol. The Morgan fingerprint density at radius 3 is 1.05 bits per heavy atom. The summed E-state index contributed by atoms with van der Waals surface area (Å²) < 4.78 is 7.13. The van der Waals surface area contributed by atoms with Gasteiger partial charge in [-0.1, -0.05) is 117 Å². The van der Waals surface area contributed by atoms with Crippen molar-refractivity contribution in [3.8, 4) is 0 Å². The predicted octanol–water partition coefficient (Wildman–Crippen LogP) is 8.76. The van der Waals surface area contributed by atoms with Crippen LogP contribution in [0.25, 0.3) is 0 Å². The molecule has 0 aromatic rings. The summed E-state index contributed by atoms with van der Waals surface area (Å²) in [4.78, 5) is 0. The van der Waals surface area contributed by atoms with Gasteiger partial charge in [-0.25, -0.2) is 0 Å². The summed E-state index contributed by atoms with van der Waals surface area (Å²) in [6, 6.07) is 1.31. The zero-order chi connectivity index (χ0) is 25.4. The van der Waals surface area contributed by atoms with Gasteiger partial charge >= 0.3 is 0 Å². The standard InChI is InChI=1S/C31H68NOSi.3HI/c1-7-9-11-13-15-17-19-21-23-25-28-32(3,30-27-31-34(5,6)33-4)29-26-24-22-20-18-16-14-12-10-8-2;;;/h7-31H2,1-6H3;3*1H/q+1;;;/p-1. The Morgan fingerprint density at radius 2 is 0.757 bits per heavy atom. The molecule has 0 rings (SSSR count). The van der Waals surface area contributed by atoms with Crippen molar-refractivity contribution in [2.75, 3.05) is 33.8 Å². The van der Waals surface area contributed by atoms with Crippen LogP contribution in [0.3, 0.4) is 0 Å². The van der Waals surface area contributed by atoms with Crippen LogP contribution < -0.4 is 24.0 Å². The van der Waals surface area contributed by atoms with E-state index in [1.54, 1.807) is 0 Å². The van der Waals surface area contributed by atoms with Gasteiger partial charge in [-0.05, 0) is 51.2 Å². The van der Waals surface area contributed by atoms with Gasteiger partial charge in [-0.15, -0.1) is 48.0 Å². The highest BCUT2D eigenvalue weighted by molar-refractivity contribution is 14.0. The smallest absolute Gasteiger partial charge is 0.186 e. The van der Waals surface area contributed by atoms with E-state index in [0.717, 1.165) is 0 Å². The van der Waals surface area contributed by atoms with Crippen LogP contribution in [0, 0.1) is 0 Å². The average Bonchev–Trinajstić information content (AvgIpc) is 2.81. The third kappa shape index (κ3) is 32.7. The van der Waals surface area contributed by atoms with E-state index in [1.807, 2.05) is 7.11 Å². The summed E-state index contributed by atoms with van der Waals surface area (Å²) in [5, 5.41) is 0. The third-order valence-electron chi connectivity index (χ3n) is 8.13. The molecule has 0 atom stereocenters. The molecule has 0 unspecified atom stereocenters. The molecular formula is C31H70I3NOSi. The molecule has 0 aliphatic rings. The topological polar surface area (TPSA) is 9.23 Å². The van der Waals surface area contributed by atoms with Crippen molar-refractivity contribution < 1.29 is 32.9 Å². The number of unbranched alkanes of at least 4 members (excludes halogenated alkanes) is 18. The predicted molar refractivity (Wildman–Crippen MR) is 189 cm³/mol. The number of nitrogens with zero attached hydrogens (tertiary/aromatic N) is 1. The van der Waals surface area contributed by atoms with Crippen molar-refractivity contribution in [3.63, 3.8) is 0 Å². The Kier molecular flexibility index (Phi) is 41.1. The van der Waals surface area contributed by atoms with Crippen LogP contribution >= 0.6 is 48.0 Å². The fourth-order valence-corrected chi connectivity index (χ4v) is 6.50. The summed E-state index contributed by atoms with van der Waals surface area (Å²) in [5.41, 5.74) is 0. The van der Waals surface area contributed by atoms with Gasteiger partial charge in [0.25, 0.3) is 0 Å². The normalized spacial score (nSPS) is 11.5. The summed E-state index contributed by atoms with van der Waals surface area (Å²) in [6.45, 7) is 13.5. The lowest BCUT2D eigenvalue weighted by atomic mass is 10.1. The highest BCUT2D eigenvalue weighted by Gasteiger charge is 2.25. The Hall–Kier alpha value is 2.33. The van der Waals surface area contributed by atoms with Gasteiger partial charge in [0.1, 0.15) is 0 Å². The average molecular weight is 882 g/mol. The fraction of sp³-hybridized carbons (Fsp3) is 1.00. The molecule has 0 spiro atoms. The molecule has 6 heteroatoms. The first kappa shape index (κ1) is 46.3. The van der Waals surface area contributed by atoms with Gasteiger partial charge in [0.2, 0.25) is 0 Å². The molecule has 0 saturated heterocycles. The van der Waals surface area contributed by atoms with Gasteiger partial charge in [-0.2, -0.15) is 0 Å². The highest BCUT2D eigenvalue weighted by atomic mass is 127. The first-order chi connectivity index (χ1) is 16.4. The van der Waals surface area contributed by atoms with Crippen LogP contribution in [0.15, 0.2) is 0 Å². The van der Waals surface area contributed by atoms with Crippen molar-refractivity contribution in [2.45, 2.75) is 168 Å². The van der Waals surface area contributed by atoms with Crippen molar-refractivity contribution >= 4 is 56.3 Å². The van der Waals surface area contributed by atoms with Crippen LogP contribution in [-0.2, 0) is 4.43 Å². The lowest BCUT2D eigenvalue weighted by Crippen LogP contribution is -3.00. The van der Waals surface area contributed by atoms with E-state index < -0.39 is 8.32 Å². The zero-order valence-corrected chi connectivity index (χ0v) is 34.0. The van der Waals surface area contributed by atoms with E-state index in [-0.39, 0.29) is 71.9 Å². The fourth-order valence-electron chi connectivity index (χ4n) is 5.29. The molecule has 0 aliphatic carbocycles. The summed E-state index contributed by atoms with van der Waals surface area (Å²) in [6.07, 6.45) is 30.2. The molecule has 2 nitrogen and oxygen atoms in total. The van der Waals surface area contributed by atoms with Crippen LogP contribution in [0.1, 0.15) is 149 Å². The number of quaternary nitrogens is 1. The van der Waals surface area contributed by atoms with Gasteiger partial charge in [-0.3, -0.25) is 0 Å². The Balaban J connectivity index is -0.00000181. The zero-order valence-electron chi connectivity index (χ0n) is 26.2. The second-order valence-corrected chi connectivity index (χ2v) is 16.6. The maximum absolute atomic E-state index is 5.82. The molecule has 0 aromatic heterocycles. The van der Waals surface area contributed by atoms with E-state index in [1.165, 1.54) is 165 Å². The summed E-state index contributed by atoms with van der Waals surface area (Å²) >= 11 is 0. The number of hydrogen-bond acceptors (Lipinski definition) is 1. The van der Waals surface area contributed by atoms with E-state index in [9.17, 15) is 0 Å². The van der Waals surface area contributed by atoms with E-state index in [2.05, 4.69) is 34.0 Å². The first-order valence-electron chi connectivity index (χ1n) is 15.8. The maximum Gasteiger partial charge on any atom is 0.186 e. The molecule has 0 amide bonds. The minimum absolute atomic E-state index is 0. The Labute approximate surface area is 288 Å². The largest absolute Gasteiger partial charge is 1.00 e. The molecule has 0 aliphatic heterocycles. The molecule has 230 valence electrons. The first-order valence-corrected chi connectivity index (χ1v) is 18.9. The molecule has 0 bridgehead atoms. The second-order valence-electron chi connectivity index (χ2n) is 12.2. The SMILES string of the molecule is CCCCCCCCCCCC[N+](C)(CCCCCCCCCCCC)CCC[Si](C)(C)OC.I.I.[I-]. The molecule has 0 N–H and O–H groups in total. The lowest BCUT2D eigenvalue weighted by molar-refractivity contribution is -0.910. The second kappa shape index (κ2) is 32.8. The lowest BCUT2D eigenvalue weighted by Gasteiger charge is -2.36.